The summed E-state index contributed by atoms with van der Waals surface area (Å²) in [5.41, 5.74) is 10.2. The molecule has 0 fully saturated rings. The fraction of sp³-hybridized carbons (Fsp3) is 0.0769. The molecule has 43 heavy (non-hydrogen) atoms. The summed E-state index contributed by atoms with van der Waals surface area (Å²) in [5.74, 6) is 0. The van der Waals surface area contributed by atoms with Gasteiger partial charge in [-0.15, -0.1) is 0 Å². The van der Waals surface area contributed by atoms with Gasteiger partial charge in [0.15, 0.2) is 0 Å². The molecule has 212 valence electrons. The highest BCUT2D eigenvalue weighted by Gasteiger charge is 2.15. The highest BCUT2D eigenvalue weighted by Crippen LogP contribution is 2.38. The van der Waals surface area contributed by atoms with Crippen LogP contribution in [-0.4, -0.2) is 21.1 Å². The number of hydrogen-bond acceptors (Lipinski definition) is 4. The second-order valence-corrected chi connectivity index (χ2v) is 10.6. The maximum absolute atomic E-state index is 2.31. The molecule has 0 radical (unpaired) electrons. The second-order valence-electron chi connectivity index (χ2n) is 10.6. The first kappa shape index (κ1) is 27.7. The zero-order valence-electron chi connectivity index (χ0n) is 24.9. The summed E-state index contributed by atoms with van der Waals surface area (Å²) in [6, 6.07) is 57.6. The Balaban J connectivity index is 1.33. The SMILES string of the molecule is CN(c1ccccc1)c1ccc(N(c2ccc(N(C)c3ccccc3)cc2)c2ccc(N(C)c3ccccc3)cc2)cc1. The molecule has 0 heterocycles. The maximum atomic E-state index is 2.31. The smallest absolute Gasteiger partial charge is 0.0463 e. The van der Waals surface area contributed by atoms with Gasteiger partial charge in [-0.25, -0.2) is 0 Å². The van der Waals surface area contributed by atoms with Crippen LogP contribution in [0.2, 0.25) is 0 Å². The van der Waals surface area contributed by atoms with Gasteiger partial charge in [0.1, 0.15) is 0 Å². The summed E-state index contributed by atoms with van der Waals surface area (Å²) < 4.78 is 0. The molecule has 6 rings (SSSR count). The number of benzene rings is 6. The van der Waals surface area contributed by atoms with E-state index in [1.54, 1.807) is 0 Å². The molecular formula is C39H36N4. The lowest BCUT2D eigenvalue weighted by Gasteiger charge is -2.28. The molecule has 0 aliphatic carbocycles. The lowest BCUT2D eigenvalue weighted by atomic mass is 10.1. The van der Waals surface area contributed by atoms with Gasteiger partial charge < -0.3 is 19.6 Å². The molecule has 6 aromatic rings. The van der Waals surface area contributed by atoms with Gasteiger partial charge in [-0.1, -0.05) is 54.6 Å². The predicted octanol–water partition coefficient (Wildman–Crippen LogP) is 10.5. The van der Waals surface area contributed by atoms with Crippen molar-refractivity contribution in [1.29, 1.82) is 0 Å². The predicted molar refractivity (Wildman–Crippen MR) is 185 cm³/mol. The number of para-hydroxylation sites is 3. The first-order valence-corrected chi connectivity index (χ1v) is 14.6. The average Bonchev–Trinajstić information content (AvgIpc) is 3.09. The van der Waals surface area contributed by atoms with E-state index in [4.69, 9.17) is 0 Å². The van der Waals surface area contributed by atoms with Crippen molar-refractivity contribution in [2.24, 2.45) is 0 Å². The molecule has 0 saturated carbocycles. The Morgan fingerprint density at radius 1 is 0.233 bits per heavy atom. The maximum Gasteiger partial charge on any atom is 0.0463 e. The number of anilines is 9. The number of nitrogens with zero attached hydrogens (tertiary/aromatic N) is 4. The monoisotopic (exact) mass is 560 g/mol. The molecule has 0 N–H and O–H groups in total. The summed E-state index contributed by atoms with van der Waals surface area (Å²) in [6.45, 7) is 0. The van der Waals surface area contributed by atoms with E-state index >= 15 is 0 Å². The summed E-state index contributed by atoms with van der Waals surface area (Å²) >= 11 is 0. The van der Waals surface area contributed by atoms with E-state index in [-0.39, 0.29) is 0 Å². The summed E-state index contributed by atoms with van der Waals surface area (Å²) in [4.78, 5) is 8.93. The minimum Gasteiger partial charge on any atom is -0.345 e. The van der Waals surface area contributed by atoms with E-state index in [9.17, 15) is 0 Å². The first-order chi connectivity index (χ1) is 21.1. The highest BCUT2D eigenvalue weighted by atomic mass is 15.2. The molecule has 4 heteroatoms. The lowest BCUT2D eigenvalue weighted by molar-refractivity contribution is 1.19. The van der Waals surface area contributed by atoms with Gasteiger partial charge in [-0.05, 0) is 109 Å². The van der Waals surface area contributed by atoms with Gasteiger partial charge in [0, 0.05) is 72.3 Å². The highest BCUT2D eigenvalue weighted by molar-refractivity contribution is 5.80. The van der Waals surface area contributed by atoms with Crippen molar-refractivity contribution < 1.29 is 0 Å². The fourth-order valence-corrected chi connectivity index (χ4v) is 5.33. The molecule has 0 aromatic heterocycles. The molecule has 0 aliphatic rings. The summed E-state index contributed by atoms with van der Waals surface area (Å²) in [5, 5.41) is 0. The van der Waals surface area contributed by atoms with Crippen LogP contribution in [0.15, 0.2) is 164 Å². The van der Waals surface area contributed by atoms with Crippen LogP contribution in [0.1, 0.15) is 0 Å². The van der Waals surface area contributed by atoms with Crippen LogP contribution >= 0.6 is 0 Å². The molecule has 0 atom stereocenters. The third-order valence-corrected chi connectivity index (χ3v) is 7.92. The molecule has 0 aliphatic heterocycles. The van der Waals surface area contributed by atoms with Crippen molar-refractivity contribution in [3.63, 3.8) is 0 Å². The molecule has 0 unspecified atom stereocenters. The molecule has 6 aromatic carbocycles. The van der Waals surface area contributed by atoms with Crippen molar-refractivity contribution >= 4 is 51.2 Å². The first-order valence-electron chi connectivity index (χ1n) is 14.6. The van der Waals surface area contributed by atoms with Gasteiger partial charge in [0.05, 0.1) is 0 Å². The molecule has 0 bridgehead atoms. The van der Waals surface area contributed by atoms with Crippen molar-refractivity contribution in [1.82, 2.24) is 0 Å². The van der Waals surface area contributed by atoms with E-state index in [1.165, 1.54) is 0 Å². The largest absolute Gasteiger partial charge is 0.345 e. The Labute approximate surface area is 255 Å². The third kappa shape index (κ3) is 6.09. The molecule has 0 amide bonds. The molecule has 0 saturated heterocycles. The molecule has 4 nitrogen and oxygen atoms in total. The zero-order chi connectivity index (χ0) is 29.6. The second kappa shape index (κ2) is 12.6. The third-order valence-electron chi connectivity index (χ3n) is 7.92. The Bertz CT molecular complexity index is 1510. The summed E-state index contributed by atoms with van der Waals surface area (Å²) in [6.07, 6.45) is 0. The topological polar surface area (TPSA) is 13.0 Å². The van der Waals surface area contributed by atoms with Crippen molar-refractivity contribution in [3.8, 4) is 0 Å². The van der Waals surface area contributed by atoms with E-state index in [2.05, 4.69) is 186 Å². The average molecular weight is 561 g/mol. The van der Waals surface area contributed by atoms with Crippen LogP contribution in [0.25, 0.3) is 0 Å². The minimum absolute atomic E-state index is 1.10. The molecule has 0 spiro atoms. The quantitative estimate of drug-likeness (QED) is 0.174. The van der Waals surface area contributed by atoms with E-state index in [0.717, 1.165) is 51.2 Å². The Kier molecular flexibility index (Phi) is 8.10. The normalized spacial score (nSPS) is 10.7. The Morgan fingerprint density at radius 2 is 0.419 bits per heavy atom. The van der Waals surface area contributed by atoms with E-state index in [0.29, 0.717) is 0 Å². The van der Waals surface area contributed by atoms with Crippen LogP contribution in [0.3, 0.4) is 0 Å². The van der Waals surface area contributed by atoms with E-state index < -0.39 is 0 Å². The Morgan fingerprint density at radius 3 is 0.651 bits per heavy atom. The number of hydrogen-bond donors (Lipinski definition) is 0. The van der Waals surface area contributed by atoms with Gasteiger partial charge in [-0.3, -0.25) is 0 Å². The van der Waals surface area contributed by atoms with Crippen LogP contribution in [0.5, 0.6) is 0 Å². The van der Waals surface area contributed by atoms with Crippen LogP contribution < -0.4 is 19.6 Å². The van der Waals surface area contributed by atoms with E-state index in [1.807, 2.05) is 18.2 Å². The van der Waals surface area contributed by atoms with Crippen molar-refractivity contribution in [2.75, 3.05) is 40.7 Å². The lowest BCUT2D eigenvalue weighted by Crippen LogP contribution is -2.13. The van der Waals surface area contributed by atoms with Crippen molar-refractivity contribution in [2.45, 2.75) is 0 Å². The summed E-state index contributed by atoms with van der Waals surface area (Å²) in [7, 11) is 6.31. The number of rotatable bonds is 9. The van der Waals surface area contributed by atoms with Gasteiger partial charge in [0.25, 0.3) is 0 Å². The van der Waals surface area contributed by atoms with Crippen LogP contribution in [-0.2, 0) is 0 Å². The standard InChI is InChI=1S/C39H36N4/c1-40(31-13-7-4-8-14-31)34-19-25-37(26-20-34)43(38-27-21-35(22-28-38)41(2)32-15-9-5-10-16-32)39-29-23-36(24-30-39)42(3)33-17-11-6-12-18-33/h4-30H,1-3H3. The van der Waals surface area contributed by atoms with Gasteiger partial charge >= 0.3 is 0 Å². The zero-order valence-corrected chi connectivity index (χ0v) is 24.9. The van der Waals surface area contributed by atoms with Crippen LogP contribution in [0.4, 0.5) is 51.2 Å². The van der Waals surface area contributed by atoms with Gasteiger partial charge in [-0.2, -0.15) is 0 Å². The minimum atomic E-state index is 1.10. The Hall–Kier alpha value is -5.48. The van der Waals surface area contributed by atoms with Crippen LogP contribution in [0, 0.1) is 0 Å². The van der Waals surface area contributed by atoms with Crippen molar-refractivity contribution in [3.05, 3.63) is 164 Å². The van der Waals surface area contributed by atoms with Gasteiger partial charge in [0.2, 0.25) is 0 Å². The fourth-order valence-electron chi connectivity index (χ4n) is 5.33. The molecular weight excluding hydrogens is 524 g/mol.